The zero-order valence-electron chi connectivity index (χ0n) is 15.9. The third kappa shape index (κ3) is 5.44. The van der Waals surface area contributed by atoms with Crippen molar-refractivity contribution >= 4 is 50.5 Å². The Labute approximate surface area is 185 Å². The first-order valence-corrected chi connectivity index (χ1v) is 11.4. The van der Waals surface area contributed by atoms with Crippen molar-refractivity contribution in [1.29, 1.82) is 0 Å². The predicted octanol–water partition coefficient (Wildman–Crippen LogP) is 5.19. The van der Waals surface area contributed by atoms with Crippen LogP contribution in [0.25, 0.3) is 0 Å². The van der Waals surface area contributed by atoms with E-state index in [9.17, 15) is 13.2 Å². The lowest BCUT2D eigenvalue weighted by atomic mass is 10.2. The fourth-order valence-electron chi connectivity index (χ4n) is 2.67. The van der Waals surface area contributed by atoms with Gasteiger partial charge in [-0.1, -0.05) is 59.6 Å². The van der Waals surface area contributed by atoms with Crippen molar-refractivity contribution in [2.24, 2.45) is 0 Å². The first-order valence-electron chi connectivity index (χ1n) is 8.79. The Morgan fingerprint density at radius 2 is 1.63 bits per heavy atom. The van der Waals surface area contributed by atoms with E-state index in [-0.39, 0.29) is 21.4 Å². The second-order valence-corrected chi connectivity index (χ2v) is 8.99. The van der Waals surface area contributed by atoms with E-state index in [1.807, 2.05) is 6.07 Å². The molecule has 0 aliphatic rings. The largest absolute Gasteiger partial charge is 0.455 e. The van der Waals surface area contributed by atoms with E-state index in [1.165, 1.54) is 0 Å². The normalized spacial score (nSPS) is 11.0. The fraction of sp³-hybridized carbons (Fsp3) is 0.0952. The lowest BCUT2D eigenvalue weighted by Gasteiger charge is -2.24. The molecule has 30 heavy (non-hydrogen) atoms. The number of hydrogen-bond acceptors (Lipinski definition) is 4. The number of rotatable bonds is 7. The SMILES string of the molecule is CS(=O)(=O)N(CC(=O)Nc1cccc(Cl)c1Cl)c1ccccc1Oc1ccccc1. The summed E-state index contributed by atoms with van der Waals surface area (Å²) in [6.45, 7) is -0.475. The van der Waals surface area contributed by atoms with E-state index in [1.54, 1.807) is 66.7 Å². The molecule has 6 nitrogen and oxygen atoms in total. The monoisotopic (exact) mass is 464 g/mol. The number of ether oxygens (including phenoxy) is 1. The average molecular weight is 465 g/mol. The highest BCUT2D eigenvalue weighted by Gasteiger charge is 2.24. The molecule has 0 radical (unpaired) electrons. The standard InChI is InChI=1S/C21H18Cl2N2O4S/c1-30(27,28)25(14-20(26)24-17-11-7-10-16(22)21(17)23)18-12-5-6-13-19(18)29-15-8-3-2-4-9-15/h2-13H,14H2,1H3,(H,24,26). The molecule has 0 heterocycles. The van der Waals surface area contributed by atoms with Crippen molar-refractivity contribution in [3.8, 4) is 11.5 Å². The van der Waals surface area contributed by atoms with Crippen LogP contribution in [-0.2, 0) is 14.8 Å². The number of benzene rings is 3. The molecule has 9 heteroatoms. The minimum atomic E-state index is -3.80. The van der Waals surface area contributed by atoms with Crippen LogP contribution < -0.4 is 14.4 Å². The second-order valence-electron chi connectivity index (χ2n) is 6.30. The highest BCUT2D eigenvalue weighted by Crippen LogP contribution is 2.34. The third-order valence-electron chi connectivity index (χ3n) is 4.02. The number of para-hydroxylation sites is 3. The number of anilines is 2. The summed E-state index contributed by atoms with van der Waals surface area (Å²) in [5, 5.41) is 3.04. The van der Waals surface area contributed by atoms with Crippen molar-refractivity contribution in [2.75, 3.05) is 22.4 Å². The van der Waals surface area contributed by atoms with E-state index < -0.39 is 22.5 Å². The van der Waals surface area contributed by atoms with E-state index in [0.717, 1.165) is 10.6 Å². The third-order valence-corrected chi connectivity index (χ3v) is 5.96. The minimum absolute atomic E-state index is 0.172. The number of carbonyl (C=O) groups excluding carboxylic acids is 1. The van der Waals surface area contributed by atoms with Crippen LogP contribution in [0.1, 0.15) is 0 Å². The quantitative estimate of drug-likeness (QED) is 0.521. The summed E-state index contributed by atoms with van der Waals surface area (Å²) < 4.78 is 31.8. The Hall–Kier alpha value is -2.74. The molecule has 0 aliphatic carbocycles. The number of carbonyl (C=O) groups is 1. The predicted molar refractivity (Wildman–Crippen MR) is 120 cm³/mol. The minimum Gasteiger partial charge on any atom is -0.455 e. The van der Waals surface area contributed by atoms with Gasteiger partial charge in [0.05, 0.1) is 27.7 Å². The summed E-state index contributed by atoms with van der Waals surface area (Å²) in [6.07, 6.45) is 1.02. The van der Waals surface area contributed by atoms with E-state index in [2.05, 4.69) is 5.32 Å². The van der Waals surface area contributed by atoms with Gasteiger partial charge < -0.3 is 10.1 Å². The Morgan fingerprint density at radius 1 is 0.967 bits per heavy atom. The first kappa shape index (κ1) is 22.0. The van der Waals surface area contributed by atoms with Crippen LogP contribution in [0.15, 0.2) is 72.8 Å². The van der Waals surface area contributed by atoms with Gasteiger partial charge in [0.2, 0.25) is 15.9 Å². The smallest absolute Gasteiger partial charge is 0.245 e. The molecular weight excluding hydrogens is 447 g/mol. The lowest BCUT2D eigenvalue weighted by Crippen LogP contribution is -2.37. The summed E-state index contributed by atoms with van der Waals surface area (Å²) >= 11 is 12.1. The molecule has 0 aliphatic heterocycles. The average Bonchev–Trinajstić information content (AvgIpc) is 2.70. The molecule has 1 amide bonds. The van der Waals surface area contributed by atoms with Crippen LogP contribution >= 0.6 is 23.2 Å². The summed E-state index contributed by atoms with van der Waals surface area (Å²) in [5.41, 5.74) is 0.521. The van der Waals surface area contributed by atoms with Gasteiger partial charge >= 0.3 is 0 Å². The zero-order valence-corrected chi connectivity index (χ0v) is 18.2. The Bertz CT molecular complexity index is 1150. The van der Waals surface area contributed by atoms with Gasteiger partial charge in [-0.3, -0.25) is 9.10 Å². The molecule has 0 unspecified atom stereocenters. The van der Waals surface area contributed by atoms with Crippen molar-refractivity contribution < 1.29 is 17.9 Å². The lowest BCUT2D eigenvalue weighted by molar-refractivity contribution is -0.114. The van der Waals surface area contributed by atoms with Crippen molar-refractivity contribution in [1.82, 2.24) is 0 Å². The van der Waals surface area contributed by atoms with Gasteiger partial charge in [0, 0.05) is 0 Å². The summed E-state index contributed by atoms with van der Waals surface area (Å²) in [6, 6.07) is 20.3. The van der Waals surface area contributed by atoms with E-state index in [0.29, 0.717) is 11.5 Å². The molecule has 156 valence electrons. The van der Waals surface area contributed by atoms with Crippen molar-refractivity contribution in [2.45, 2.75) is 0 Å². The first-order chi connectivity index (χ1) is 14.3. The summed E-state index contributed by atoms with van der Waals surface area (Å²) in [7, 11) is -3.80. The molecule has 1 N–H and O–H groups in total. The van der Waals surface area contributed by atoms with Gasteiger partial charge in [-0.05, 0) is 36.4 Å². The molecular formula is C21H18Cl2N2O4S. The van der Waals surface area contributed by atoms with Gasteiger partial charge in [0.15, 0.2) is 5.75 Å². The van der Waals surface area contributed by atoms with Crippen LogP contribution in [0, 0.1) is 0 Å². The highest BCUT2D eigenvalue weighted by molar-refractivity contribution is 7.92. The molecule has 3 aromatic rings. The molecule has 0 saturated heterocycles. The number of nitrogens with zero attached hydrogens (tertiary/aromatic N) is 1. The molecule has 3 rings (SSSR count). The number of amides is 1. The van der Waals surface area contributed by atoms with Crippen LogP contribution in [0.5, 0.6) is 11.5 Å². The molecule has 0 spiro atoms. The molecule has 0 saturated carbocycles. The van der Waals surface area contributed by atoms with Gasteiger partial charge in [0.25, 0.3) is 0 Å². The van der Waals surface area contributed by atoms with Crippen molar-refractivity contribution in [3.05, 3.63) is 82.8 Å². The Balaban J connectivity index is 1.89. The maximum absolute atomic E-state index is 12.6. The number of hydrogen-bond donors (Lipinski definition) is 1. The van der Waals surface area contributed by atoms with E-state index in [4.69, 9.17) is 27.9 Å². The molecule has 0 bridgehead atoms. The molecule has 0 atom stereocenters. The van der Waals surface area contributed by atoms with Crippen LogP contribution in [-0.4, -0.2) is 27.1 Å². The Kier molecular flexibility index (Phi) is 6.87. The van der Waals surface area contributed by atoms with E-state index >= 15 is 0 Å². The van der Waals surface area contributed by atoms with Gasteiger partial charge in [0.1, 0.15) is 12.3 Å². The molecule has 0 aromatic heterocycles. The van der Waals surface area contributed by atoms with Crippen LogP contribution in [0.3, 0.4) is 0 Å². The van der Waals surface area contributed by atoms with Crippen LogP contribution in [0.2, 0.25) is 10.0 Å². The van der Waals surface area contributed by atoms with Gasteiger partial charge in [-0.25, -0.2) is 8.42 Å². The fourth-order valence-corrected chi connectivity index (χ4v) is 3.87. The van der Waals surface area contributed by atoms with Gasteiger partial charge in [-0.15, -0.1) is 0 Å². The maximum atomic E-state index is 12.6. The maximum Gasteiger partial charge on any atom is 0.245 e. The zero-order chi connectivity index (χ0) is 21.7. The number of nitrogens with one attached hydrogen (secondary N) is 1. The van der Waals surface area contributed by atoms with Crippen LogP contribution in [0.4, 0.5) is 11.4 Å². The molecule has 0 fully saturated rings. The topological polar surface area (TPSA) is 75.7 Å². The second kappa shape index (κ2) is 9.38. The number of halogens is 2. The Morgan fingerprint density at radius 3 is 2.33 bits per heavy atom. The number of sulfonamides is 1. The van der Waals surface area contributed by atoms with Crippen molar-refractivity contribution in [3.63, 3.8) is 0 Å². The highest BCUT2D eigenvalue weighted by atomic mass is 35.5. The molecule has 3 aromatic carbocycles. The summed E-state index contributed by atoms with van der Waals surface area (Å²) in [4.78, 5) is 12.6. The van der Waals surface area contributed by atoms with Gasteiger partial charge in [-0.2, -0.15) is 0 Å². The summed E-state index contributed by atoms with van der Waals surface area (Å²) in [5.74, 6) is 0.246.